The summed E-state index contributed by atoms with van der Waals surface area (Å²) in [6.45, 7) is 2.20. The fraction of sp³-hybridized carbons (Fsp3) is 0.286. The molecule has 3 rings (SSSR count). The van der Waals surface area contributed by atoms with Crippen LogP contribution in [0.2, 0.25) is 0 Å². The van der Waals surface area contributed by atoms with Crippen LogP contribution in [0.1, 0.15) is 17.8 Å². The molecular weight excluding hydrogens is 288 g/mol. The molecule has 3 aromatic heterocycles. The van der Waals surface area contributed by atoms with Crippen LogP contribution in [0.25, 0.3) is 10.7 Å². The predicted octanol–water partition coefficient (Wildman–Crippen LogP) is 3.74. The fourth-order valence-corrected chi connectivity index (χ4v) is 3.68. The summed E-state index contributed by atoms with van der Waals surface area (Å²) in [4.78, 5) is 13.4. The summed E-state index contributed by atoms with van der Waals surface area (Å²) >= 11 is 3.44. The van der Waals surface area contributed by atoms with Gasteiger partial charge in [0.05, 0.1) is 17.1 Å². The van der Waals surface area contributed by atoms with Crippen molar-refractivity contribution in [2.24, 2.45) is 0 Å². The largest absolute Gasteiger partial charge is 0.354 e. The highest BCUT2D eigenvalue weighted by Crippen LogP contribution is 2.32. The maximum absolute atomic E-state index is 4.51. The normalized spacial score (nSPS) is 12.6. The average molecular weight is 304 g/mol. The number of thiazole rings is 1. The van der Waals surface area contributed by atoms with Gasteiger partial charge in [-0.3, -0.25) is 0 Å². The molecule has 0 fully saturated rings. The fourth-order valence-electron chi connectivity index (χ4n) is 2.06. The monoisotopic (exact) mass is 304 g/mol. The summed E-state index contributed by atoms with van der Waals surface area (Å²) in [5.74, 6) is 0.983. The first-order valence-corrected chi connectivity index (χ1v) is 8.06. The van der Waals surface area contributed by atoms with Gasteiger partial charge in [0, 0.05) is 31.4 Å². The Kier molecular flexibility index (Phi) is 3.58. The Morgan fingerprint density at radius 3 is 2.80 bits per heavy atom. The minimum absolute atomic E-state index is 0.289. The molecule has 4 nitrogen and oxygen atoms in total. The van der Waals surface area contributed by atoms with Gasteiger partial charge in [0.25, 0.3) is 0 Å². The zero-order chi connectivity index (χ0) is 14.1. The molecule has 3 heterocycles. The maximum atomic E-state index is 4.51. The van der Waals surface area contributed by atoms with Crippen LogP contribution in [0.15, 0.2) is 36.1 Å². The third-order valence-corrected chi connectivity index (χ3v) is 5.34. The third-order valence-electron chi connectivity index (χ3n) is 3.14. The van der Waals surface area contributed by atoms with Gasteiger partial charge in [-0.25, -0.2) is 9.97 Å². The molecule has 0 bridgehead atoms. The lowest BCUT2D eigenvalue weighted by atomic mass is 10.2. The zero-order valence-corrected chi connectivity index (χ0v) is 13.3. The topological polar surface area (TPSA) is 34.0 Å². The molecule has 0 N–H and O–H groups in total. The van der Waals surface area contributed by atoms with E-state index in [0.29, 0.717) is 0 Å². The number of imidazole rings is 1. The van der Waals surface area contributed by atoms with E-state index in [-0.39, 0.29) is 6.04 Å². The van der Waals surface area contributed by atoms with E-state index in [1.807, 2.05) is 37.6 Å². The minimum atomic E-state index is 0.289. The highest BCUT2D eigenvalue weighted by atomic mass is 32.1. The molecular formula is C14H16N4S2. The van der Waals surface area contributed by atoms with Crippen molar-refractivity contribution in [3.05, 3.63) is 41.0 Å². The summed E-state index contributed by atoms with van der Waals surface area (Å²) in [6.07, 6.45) is 5.79. The van der Waals surface area contributed by atoms with E-state index in [1.54, 1.807) is 22.7 Å². The van der Waals surface area contributed by atoms with Gasteiger partial charge >= 0.3 is 0 Å². The molecule has 0 aromatic carbocycles. The molecule has 0 spiro atoms. The molecule has 104 valence electrons. The van der Waals surface area contributed by atoms with Crippen molar-refractivity contribution in [1.29, 1.82) is 0 Å². The quantitative estimate of drug-likeness (QED) is 0.736. The maximum Gasteiger partial charge on any atom is 0.185 e. The van der Waals surface area contributed by atoms with E-state index >= 15 is 0 Å². The Balaban J connectivity index is 1.97. The van der Waals surface area contributed by atoms with Crippen molar-refractivity contribution >= 4 is 27.8 Å². The van der Waals surface area contributed by atoms with Crippen LogP contribution in [-0.2, 0) is 0 Å². The van der Waals surface area contributed by atoms with Gasteiger partial charge < -0.3 is 9.47 Å². The Morgan fingerprint density at radius 2 is 2.15 bits per heavy atom. The van der Waals surface area contributed by atoms with Crippen LogP contribution in [-0.4, -0.2) is 28.6 Å². The first-order valence-electron chi connectivity index (χ1n) is 6.36. The SMILES string of the molecule is CC(c1cccs1)n1ccnc1-c1cnc(N(C)C)s1. The van der Waals surface area contributed by atoms with E-state index in [4.69, 9.17) is 0 Å². The Bertz CT molecular complexity index is 682. The second kappa shape index (κ2) is 5.38. The highest BCUT2D eigenvalue weighted by molar-refractivity contribution is 7.18. The summed E-state index contributed by atoms with van der Waals surface area (Å²) in [5.41, 5.74) is 0. The summed E-state index contributed by atoms with van der Waals surface area (Å²) in [6, 6.07) is 4.54. The smallest absolute Gasteiger partial charge is 0.185 e. The van der Waals surface area contributed by atoms with Gasteiger partial charge in [-0.1, -0.05) is 17.4 Å². The number of rotatable bonds is 4. The molecule has 0 aliphatic heterocycles. The van der Waals surface area contributed by atoms with E-state index in [0.717, 1.165) is 15.8 Å². The lowest BCUT2D eigenvalue weighted by Crippen LogP contribution is -2.07. The van der Waals surface area contributed by atoms with Crippen molar-refractivity contribution in [2.45, 2.75) is 13.0 Å². The van der Waals surface area contributed by atoms with Crippen molar-refractivity contribution in [1.82, 2.24) is 14.5 Å². The molecule has 0 radical (unpaired) electrons. The Labute approximate surface area is 126 Å². The highest BCUT2D eigenvalue weighted by Gasteiger charge is 2.16. The van der Waals surface area contributed by atoms with Gasteiger partial charge in [0.2, 0.25) is 0 Å². The molecule has 20 heavy (non-hydrogen) atoms. The molecule has 0 saturated heterocycles. The summed E-state index contributed by atoms with van der Waals surface area (Å²) < 4.78 is 2.21. The van der Waals surface area contributed by atoms with Crippen LogP contribution in [0.3, 0.4) is 0 Å². The van der Waals surface area contributed by atoms with E-state index in [1.165, 1.54) is 4.88 Å². The number of hydrogen-bond donors (Lipinski definition) is 0. The van der Waals surface area contributed by atoms with Crippen LogP contribution in [0.5, 0.6) is 0 Å². The number of aromatic nitrogens is 3. The van der Waals surface area contributed by atoms with Crippen molar-refractivity contribution < 1.29 is 0 Å². The standard InChI is InChI=1S/C14H16N4S2/c1-10(11-5-4-8-19-11)18-7-6-15-13(18)12-9-16-14(20-12)17(2)3/h4-10H,1-3H3. The van der Waals surface area contributed by atoms with E-state index in [9.17, 15) is 0 Å². The van der Waals surface area contributed by atoms with Gasteiger partial charge in [-0.15, -0.1) is 11.3 Å². The Hall–Kier alpha value is -1.66. The zero-order valence-electron chi connectivity index (χ0n) is 11.6. The lowest BCUT2D eigenvalue weighted by Gasteiger charge is -2.14. The van der Waals surface area contributed by atoms with Gasteiger partial charge in [-0.2, -0.15) is 0 Å². The number of nitrogens with zero attached hydrogens (tertiary/aromatic N) is 4. The summed E-state index contributed by atoms with van der Waals surface area (Å²) in [7, 11) is 4.01. The molecule has 0 amide bonds. The second-order valence-corrected chi connectivity index (χ2v) is 6.74. The van der Waals surface area contributed by atoms with E-state index in [2.05, 4.69) is 39.0 Å². The van der Waals surface area contributed by atoms with Crippen LogP contribution in [0.4, 0.5) is 5.13 Å². The van der Waals surface area contributed by atoms with Crippen LogP contribution < -0.4 is 4.90 Å². The molecule has 0 saturated carbocycles. The predicted molar refractivity (Wildman–Crippen MR) is 85.8 cm³/mol. The van der Waals surface area contributed by atoms with Gasteiger partial charge in [0.15, 0.2) is 11.0 Å². The average Bonchev–Trinajstić information content (AvgIpc) is 3.17. The third kappa shape index (κ3) is 2.36. The molecule has 1 atom stereocenters. The number of hydrogen-bond acceptors (Lipinski definition) is 5. The first kappa shape index (κ1) is 13.3. The molecule has 6 heteroatoms. The Morgan fingerprint density at radius 1 is 1.30 bits per heavy atom. The molecule has 0 aliphatic rings. The first-order chi connectivity index (χ1) is 9.66. The van der Waals surface area contributed by atoms with E-state index < -0.39 is 0 Å². The lowest BCUT2D eigenvalue weighted by molar-refractivity contribution is 0.658. The minimum Gasteiger partial charge on any atom is -0.354 e. The molecule has 0 aliphatic carbocycles. The van der Waals surface area contributed by atoms with Crippen LogP contribution in [0, 0.1) is 0 Å². The second-order valence-electron chi connectivity index (χ2n) is 4.75. The number of anilines is 1. The van der Waals surface area contributed by atoms with Crippen molar-refractivity contribution in [3.63, 3.8) is 0 Å². The summed E-state index contributed by atoms with van der Waals surface area (Å²) in [5, 5.41) is 3.11. The van der Waals surface area contributed by atoms with Crippen LogP contribution >= 0.6 is 22.7 Å². The number of thiophene rings is 1. The van der Waals surface area contributed by atoms with Crippen molar-refractivity contribution in [2.75, 3.05) is 19.0 Å². The van der Waals surface area contributed by atoms with Gasteiger partial charge in [0.1, 0.15) is 0 Å². The molecule has 3 aromatic rings. The van der Waals surface area contributed by atoms with Crippen molar-refractivity contribution in [3.8, 4) is 10.7 Å². The van der Waals surface area contributed by atoms with Gasteiger partial charge in [-0.05, 0) is 18.4 Å². The molecule has 1 unspecified atom stereocenters.